The molecule has 5 heterocycles. The maximum absolute atomic E-state index is 13.1. The lowest BCUT2D eigenvalue weighted by Gasteiger charge is -2.43. The monoisotopic (exact) mass is 610 g/mol. The summed E-state index contributed by atoms with van der Waals surface area (Å²) in [7, 11) is -3.41. The van der Waals surface area contributed by atoms with Crippen molar-refractivity contribution >= 4 is 40.3 Å². The number of ether oxygens (including phenoxy) is 1. The van der Waals surface area contributed by atoms with Crippen molar-refractivity contribution in [2.45, 2.75) is 63.3 Å². The van der Waals surface area contributed by atoms with E-state index in [4.69, 9.17) is 10.5 Å². The molecule has 5 aliphatic rings. The first-order valence-electron chi connectivity index (χ1n) is 14.4. The number of fused-ring (bicyclic) bond motifs is 1. The number of imide groups is 1. The molecule has 0 saturated carbocycles. The van der Waals surface area contributed by atoms with E-state index in [1.54, 1.807) is 25.6 Å². The molecule has 12 nitrogen and oxygen atoms in total. The Kier molecular flexibility index (Phi) is 8.93. The number of hydrogen-bond acceptors (Lipinski definition) is 8. The van der Waals surface area contributed by atoms with Gasteiger partial charge in [0, 0.05) is 69.4 Å². The maximum atomic E-state index is 13.1. The van der Waals surface area contributed by atoms with E-state index in [2.05, 4.69) is 10.2 Å². The summed E-state index contributed by atoms with van der Waals surface area (Å²) in [6.07, 6.45) is 3.69. The van der Waals surface area contributed by atoms with Crippen molar-refractivity contribution in [1.29, 1.82) is 0 Å². The topological polar surface area (TPSA) is 146 Å². The molecular weight excluding hydrogens is 572 g/mol. The molecule has 1 unspecified atom stereocenters. The molecule has 3 amide bonds. The minimum Gasteiger partial charge on any atom is -0.487 e. The van der Waals surface area contributed by atoms with Crippen LogP contribution in [0.1, 0.15) is 54.4 Å². The third-order valence-corrected chi connectivity index (χ3v) is 11.0. The summed E-state index contributed by atoms with van der Waals surface area (Å²) in [5.74, 6) is 0.185. The fraction of sp³-hybridized carbons (Fsp3) is 0.667. The largest absolute Gasteiger partial charge is 0.487 e. The Morgan fingerprint density at radius 1 is 0.951 bits per heavy atom. The first kappa shape index (κ1) is 30.2. The number of carbonyl (C=O) groups excluding carboxylic acids is 3. The third-order valence-electron chi connectivity index (χ3n) is 9.00. The molecule has 1 aromatic rings. The molecule has 0 spiro atoms. The Labute approximate surface area is 247 Å². The van der Waals surface area contributed by atoms with Crippen molar-refractivity contribution < 1.29 is 27.5 Å². The molecule has 226 valence electrons. The van der Waals surface area contributed by atoms with Gasteiger partial charge < -0.3 is 15.4 Å². The quantitative estimate of drug-likeness (QED) is 0.420. The van der Waals surface area contributed by atoms with E-state index in [1.807, 2.05) is 6.07 Å². The molecule has 14 heteroatoms. The Morgan fingerprint density at radius 2 is 1.61 bits per heavy atom. The summed E-state index contributed by atoms with van der Waals surface area (Å²) in [5, 5.41) is 2.34. The van der Waals surface area contributed by atoms with Gasteiger partial charge in [-0.25, -0.2) is 0 Å². The van der Waals surface area contributed by atoms with E-state index >= 15 is 0 Å². The molecule has 4 saturated heterocycles. The normalized spacial score (nSPS) is 25.9. The second-order valence-electron chi connectivity index (χ2n) is 11.7. The van der Waals surface area contributed by atoms with Crippen molar-refractivity contribution in [3.05, 3.63) is 29.3 Å². The van der Waals surface area contributed by atoms with Crippen molar-refractivity contribution in [2.24, 2.45) is 11.7 Å². The van der Waals surface area contributed by atoms with Crippen LogP contribution in [0.5, 0.6) is 5.75 Å². The fourth-order valence-corrected chi connectivity index (χ4v) is 8.22. The number of carbonyl (C=O) groups is 3. The van der Waals surface area contributed by atoms with E-state index in [0.717, 1.165) is 38.0 Å². The molecular formula is C27H39ClN6O6S. The van der Waals surface area contributed by atoms with E-state index in [-0.39, 0.29) is 42.8 Å². The Bertz CT molecular complexity index is 1270. The standard InChI is InChI=1S/C27H38N6O6S.ClH/c28-19-8-12-32(13-9-19)40(37,38)31-10-6-18(7-11-31)14-30-15-20(16-30)39-24-3-1-2-21-22(24)17-33(27(21)36)23-4-5-25(34)29-26(23)35;/h1-3,18-20,23H,4-17,28H2,(H,29,34,35);1H. The molecule has 6 rings (SSSR count). The molecule has 0 bridgehead atoms. The first-order chi connectivity index (χ1) is 19.2. The van der Waals surface area contributed by atoms with Gasteiger partial charge in [-0.1, -0.05) is 6.07 Å². The molecule has 0 aromatic heterocycles. The lowest BCUT2D eigenvalue weighted by Crippen LogP contribution is -2.56. The van der Waals surface area contributed by atoms with Crippen molar-refractivity contribution in [2.75, 3.05) is 45.8 Å². The van der Waals surface area contributed by atoms with E-state index in [0.29, 0.717) is 69.2 Å². The molecule has 4 fully saturated rings. The summed E-state index contributed by atoms with van der Waals surface area (Å²) >= 11 is 0. The lowest BCUT2D eigenvalue weighted by atomic mass is 9.96. The Balaban J connectivity index is 0.00000337. The summed E-state index contributed by atoms with van der Waals surface area (Å²) in [4.78, 5) is 40.8. The first-order valence-corrected chi connectivity index (χ1v) is 15.7. The Morgan fingerprint density at radius 3 is 2.27 bits per heavy atom. The number of amides is 3. The van der Waals surface area contributed by atoms with Gasteiger partial charge in [-0.15, -0.1) is 12.4 Å². The number of nitrogens with zero attached hydrogens (tertiary/aromatic N) is 4. The van der Waals surface area contributed by atoms with Crippen molar-refractivity contribution in [1.82, 2.24) is 23.7 Å². The number of nitrogens with one attached hydrogen (secondary N) is 1. The minimum atomic E-state index is -3.41. The van der Waals surface area contributed by atoms with Crippen LogP contribution in [0.3, 0.4) is 0 Å². The molecule has 0 aliphatic carbocycles. The Hall–Kier alpha value is -2.29. The average Bonchev–Trinajstić information content (AvgIpc) is 3.25. The van der Waals surface area contributed by atoms with Crippen LogP contribution >= 0.6 is 12.4 Å². The zero-order chi connectivity index (χ0) is 28.0. The molecule has 1 atom stereocenters. The second kappa shape index (κ2) is 12.1. The van der Waals surface area contributed by atoms with E-state index in [9.17, 15) is 22.8 Å². The molecule has 5 aliphatic heterocycles. The van der Waals surface area contributed by atoms with E-state index in [1.165, 1.54) is 0 Å². The highest BCUT2D eigenvalue weighted by Gasteiger charge is 2.41. The zero-order valence-electron chi connectivity index (χ0n) is 23.1. The van der Waals surface area contributed by atoms with Gasteiger partial charge in [0.2, 0.25) is 11.8 Å². The van der Waals surface area contributed by atoms with Gasteiger partial charge in [0.15, 0.2) is 0 Å². The van der Waals surface area contributed by atoms with Crippen LogP contribution in [-0.4, -0.2) is 109 Å². The van der Waals surface area contributed by atoms with Gasteiger partial charge >= 0.3 is 0 Å². The minimum absolute atomic E-state index is 0. The number of nitrogens with two attached hydrogens (primary N) is 1. The van der Waals surface area contributed by atoms with Crippen LogP contribution in [0.2, 0.25) is 0 Å². The highest BCUT2D eigenvalue weighted by atomic mass is 35.5. The summed E-state index contributed by atoms with van der Waals surface area (Å²) in [5.41, 5.74) is 7.28. The number of halogens is 1. The van der Waals surface area contributed by atoms with Gasteiger partial charge in [0.1, 0.15) is 17.9 Å². The fourth-order valence-electron chi connectivity index (χ4n) is 6.55. The molecule has 0 radical (unpaired) electrons. The SMILES string of the molecule is Cl.NC1CCN(S(=O)(=O)N2CCC(CN3CC(Oc4cccc5c4CN(C4CCC(=O)NC4=O)C5=O)C3)CC2)CC1. The smallest absolute Gasteiger partial charge is 0.281 e. The molecule has 1 aromatic carbocycles. The number of benzene rings is 1. The molecule has 3 N–H and O–H groups in total. The summed E-state index contributed by atoms with van der Waals surface area (Å²) < 4.78 is 35.6. The number of piperidine rings is 3. The number of likely N-dealkylation sites (tertiary alicyclic amines) is 1. The summed E-state index contributed by atoms with van der Waals surface area (Å²) in [6.45, 7) is 4.88. The molecule has 41 heavy (non-hydrogen) atoms. The average molecular weight is 611 g/mol. The maximum Gasteiger partial charge on any atom is 0.281 e. The van der Waals surface area contributed by atoms with Gasteiger partial charge in [-0.05, 0) is 50.2 Å². The van der Waals surface area contributed by atoms with Gasteiger partial charge in [-0.3, -0.25) is 24.6 Å². The highest BCUT2D eigenvalue weighted by Crippen LogP contribution is 2.35. The predicted molar refractivity (Wildman–Crippen MR) is 153 cm³/mol. The summed E-state index contributed by atoms with van der Waals surface area (Å²) in [6, 6.07) is 4.88. The van der Waals surface area contributed by atoms with Gasteiger partial charge in [0.25, 0.3) is 16.1 Å². The van der Waals surface area contributed by atoms with Crippen molar-refractivity contribution in [3.63, 3.8) is 0 Å². The van der Waals surface area contributed by atoms with Gasteiger partial charge in [0.05, 0.1) is 6.54 Å². The van der Waals surface area contributed by atoms with Crippen LogP contribution in [0.15, 0.2) is 18.2 Å². The van der Waals surface area contributed by atoms with Crippen LogP contribution in [-0.2, 0) is 26.3 Å². The lowest BCUT2D eigenvalue weighted by molar-refractivity contribution is -0.136. The predicted octanol–water partition coefficient (Wildman–Crippen LogP) is 0.312. The zero-order valence-corrected chi connectivity index (χ0v) is 24.7. The number of rotatable bonds is 7. The van der Waals surface area contributed by atoms with Crippen LogP contribution < -0.4 is 15.8 Å². The van der Waals surface area contributed by atoms with E-state index < -0.39 is 22.2 Å². The van der Waals surface area contributed by atoms with Crippen LogP contribution in [0.25, 0.3) is 0 Å². The highest BCUT2D eigenvalue weighted by molar-refractivity contribution is 7.86. The second-order valence-corrected chi connectivity index (χ2v) is 13.7. The van der Waals surface area contributed by atoms with Gasteiger partial charge in [-0.2, -0.15) is 17.0 Å². The number of hydrogen-bond donors (Lipinski definition) is 2. The van der Waals surface area contributed by atoms with Crippen molar-refractivity contribution in [3.8, 4) is 5.75 Å². The van der Waals surface area contributed by atoms with Crippen LogP contribution in [0.4, 0.5) is 0 Å². The third kappa shape index (κ3) is 6.11. The van der Waals surface area contributed by atoms with Crippen LogP contribution in [0, 0.1) is 5.92 Å².